The molecule has 0 saturated carbocycles. The van der Waals surface area contributed by atoms with Gasteiger partial charge in [-0.25, -0.2) is 14.6 Å². The molecule has 1 aromatic carbocycles. The van der Waals surface area contributed by atoms with E-state index in [2.05, 4.69) is 53.6 Å². The number of aliphatic imine (C=N–C) groups is 1. The second kappa shape index (κ2) is 18.3. The van der Waals surface area contributed by atoms with Gasteiger partial charge in [0.05, 0.1) is 17.6 Å². The third kappa shape index (κ3) is 12.9. The molecule has 1 heterocycles. The van der Waals surface area contributed by atoms with Gasteiger partial charge in [0, 0.05) is 39.1 Å². The van der Waals surface area contributed by atoms with Crippen LogP contribution in [-0.4, -0.2) is 78.3 Å². The van der Waals surface area contributed by atoms with E-state index < -0.39 is 11.6 Å². The molecule has 1 atom stereocenters. The molecule has 0 unspecified atom stereocenters. The number of hydrogen-bond acceptors (Lipinski definition) is 8. The summed E-state index contributed by atoms with van der Waals surface area (Å²) in [5, 5.41) is 6.55. The number of esters is 1. The Balaban J connectivity index is 0.00000411. The van der Waals surface area contributed by atoms with Crippen LogP contribution >= 0.6 is 12.6 Å². The number of amides is 1. The molecule has 1 aliphatic rings. The number of benzene rings is 1. The molecule has 2 rings (SSSR count). The number of nitrogens with one attached hydrogen (secondary N) is 2. The summed E-state index contributed by atoms with van der Waals surface area (Å²) in [6.45, 7) is 21.7. The van der Waals surface area contributed by atoms with Crippen LogP contribution in [0.1, 0.15) is 66.9 Å². The van der Waals surface area contributed by atoms with Gasteiger partial charge >= 0.3 is 12.1 Å². The highest BCUT2D eigenvalue weighted by atomic mass is 32.1. The number of likely N-dealkylation sites (N-methyl/N-ethyl adjacent to an activating group) is 1. The van der Waals surface area contributed by atoms with E-state index in [1.807, 2.05) is 46.8 Å². The minimum atomic E-state index is -0.690. The van der Waals surface area contributed by atoms with Crippen LogP contribution in [0.15, 0.2) is 53.4 Å². The van der Waals surface area contributed by atoms with Gasteiger partial charge in [0.2, 0.25) is 0 Å². The Morgan fingerprint density at radius 3 is 2.22 bits per heavy atom. The van der Waals surface area contributed by atoms with Crippen LogP contribution in [0.25, 0.3) is 0 Å². The fourth-order valence-electron chi connectivity index (χ4n) is 4.19. The summed E-state index contributed by atoms with van der Waals surface area (Å²) in [6.07, 6.45) is 5.47. The molecule has 9 nitrogen and oxygen atoms in total. The third-order valence-electron chi connectivity index (χ3n) is 6.27. The number of thiol groups is 1. The highest BCUT2D eigenvalue weighted by Gasteiger charge is 2.27. The normalized spacial score (nSPS) is 14.4. The molecule has 2 N–H and O–H groups in total. The number of carbonyl (C=O) groups is 2. The van der Waals surface area contributed by atoms with Crippen molar-refractivity contribution in [1.29, 1.82) is 0 Å². The number of amidine groups is 1. The Kier molecular flexibility index (Phi) is 16.0. The standard InChI is InChI=1S/C30H47N5O4.CH4S/c1-9-31-27(21-32-23(5)34(10-2)11-3)22(4)33-26(28(36)39-30(6,7)8)20-24-14-16-25(17-15-24)38-29(37)35-18-12-13-19-35;1-2/h14-17,21,26,31,33H,4,9-13,18-20H2,1-3,5-8H3;2H,1H3/b27-21+,32-23?;/t26-;/m0./s1. The molecule has 1 aromatic rings. The van der Waals surface area contributed by atoms with E-state index in [1.54, 1.807) is 29.5 Å². The Morgan fingerprint density at radius 1 is 1.12 bits per heavy atom. The van der Waals surface area contributed by atoms with E-state index in [0.29, 0.717) is 30.1 Å². The topological polar surface area (TPSA) is 95.5 Å². The van der Waals surface area contributed by atoms with Crippen LogP contribution in [-0.2, 0) is 16.0 Å². The van der Waals surface area contributed by atoms with Crippen molar-refractivity contribution in [3.8, 4) is 5.75 Å². The lowest BCUT2D eigenvalue weighted by Crippen LogP contribution is -2.43. The van der Waals surface area contributed by atoms with Gasteiger partial charge in [-0.1, -0.05) is 18.7 Å². The van der Waals surface area contributed by atoms with E-state index in [4.69, 9.17) is 9.47 Å². The highest BCUT2D eigenvalue weighted by molar-refractivity contribution is 7.79. The molecule has 1 aliphatic heterocycles. The monoisotopic (exact) mass is 589 g/mol. The predicted molar refractivity (Wildman–Crippen MR) is 172 cm³/mol. The van der Waals surface area contributed by atoms with Crippen LogP contribution in [0.5, 0.6) is 5.75 Å². The smallest absolute Gasteiger partial charge is 0.415 e. The maximum atomic E-state index is 13.2. The van der Waals surface area contributed by atoms with E-state index in [0.717, 1.165) is 50.4 Å². The zero-order chi connectivity index (χ0) is 31.0. The minimum Gasteiger partial charge on any atom is -0.458 e. The van der Waals surface area contributed by atoms with Gasteiger partial charge in [0.25, 0.3) is 0 Å². The highest BCUT2D eigenvalue weighted by Crippen LogP contribution is 2.18. The average Bonchev–Trinajstić information content (AvgIpc) is 3.48. The molecule has 1 fully saturated rings. The number of hydrogen-bond donors (Lipinski definition) is 3. The van der Waals surface area contributed by atoms with Crippen LogP contribution in [0.4, 0.5) is 4.79 Å². The SMILES string of the molecule is C=C(N[C@@H](Cc1ccc(OC(=O)N2CCCC2)cc1)C(=O)OC(C)(C)C)/C(=C\N=C(C)N(CC)CC)NCC.CS. The first-order valence-corrected chi connectivity index (χ1v) is 15.3. The summed E-state index contributed by atoms with van der Waals surface area (Å²) in [5.41, 5.74) is 1.48. The quantitative estimate of drug-likeness (QED) is 0.0989. The van der Waals surface area contributed by atoms with Gasteiger partial charge in [-0.2, -0.15) is 12.6 Å². The van der Waals surface area contributed by atoms with Crippen molar-refractivity contribution < 1.29 is 19.1 Å². The maximum Gasteiger partial charge on any atom is 0.415 e. The van der Waals surface area contributed by atoms with Crippen LogP contribution in [0, 0.1) is 0 Å². The molecule has 0 radical (unpaired) electrons. The molecule has 0 aliphatic carbocycles. The molecule has 0 aromatic heterocycles. The van der Waals surface area contributed by atoms with Crippen molar-refractivity contribution in [3.63, 3.8) is 0 Å². The largest absolute Gasteiger partial charge is 0.458 e. The number of nitrogens with zero attached hydrogens (tertiary/aromatic N) is 3. The molecule has 1 saturated heterocycles. The number of ether oxygens (including phenoxy) is 2. The molecular weight excluding hydrogens is 538 g/mol. The van der Waals surface area contributed by atoms with Crippen LogP contribution in [0.2, 0.25) is 0 Å². The molecule has 1 amide bonds. The summed E-state index contributed by atoms with van der Waals surface area (Å²) < 4.78 is 11.2. The van der Waals surface area contributed by atoms with Crippen LogP contribution in [0.3, 0.4) is 0 Å². The Hall–Kier alpha value is -3.14. The van der Waals surface area contributed by atoms with Gasteiger partial charge < -0.3 is 29.9 Å². The van der Waals surface area contributed by atoms with Crippen molar-refractivity contribution in [2.24, 2.45) is 4.99 Å². The van der Waals surface area contributed by atoms with Crippen LogP contribution < -0.4 is 15.4 Å². The summed E-state index contributed by atoms with van der Waals surface area (Å²) >= 11 is 3.53. The third-order valence-corrected chi connectivity index (χ3v) is 6.27. The summed E-state index contributed by atoms with van der Waals surface area (Å²) in [4.78, 5) is 34.0. The number of carbonyl (C=O) groups excluding carboxylic acids is 2. The second-order valence-electron chi connectivity index (χ2n) is 10.5. The Bertz CT molecular complexity index is 1020. The summed E-state index contributed by atoms with van der Waals surface area (Å²) in [5.74, 6) is 0.991. The first-order chi connectivity index (χ1) is 19.5. The van der Waals surface area contributed by atoms with Gasteiger partial charge in [-0.3, -0.25) is 0 Å². The van der Waals surface area contributed by atoms with Crippen molar-refractivity contribution in [2.45, 2.75) is 79.4 Å². The van der Waals surface area contributed by atoms with E-state index in [9.17, 15) is 9.59 Å². The lowest BCUT2D eigenvalue weighted by molar-refractivity contribution is -0.157. The van der Waals surface area contributed by atoms with Crippen molar-refractivity contribution in [3.05, 3.63) is 54.0 Å². The predicted octanol–water partition coefficient (Wildman–Crippen LogP) is 5.39. The number of rotatable bonds is 12. The van der Waals surface area contributed by atoms with Crippen molar-refractivity contribution >= 4 is 30.5 Å². The Morgan fingerprint density at radius 2 is 1.71 bits per heavy atom. The van der Waals surface area contributed by atoms with E-state index >= 15 is 0 Å². The number of likely N-dealkylation sites (tertiary alicyclic amines) is 1. The molecule has 41 heavy (non-hydrogen) atoms. The lowest BCUT2D eigenvalue weighted by Gasteiger charge is -2.26. The van der Waals surface area contributed by atoms with Crippen molar-refractivity contribution in [2.75, 3.05) is 39.0 Å². The maximum absolute atomic E-state index is 13.2. The summed E-state index contributed by atoms with van der Waals surface area (Å²) in [7, 11) is 0. The van der Waals surface area contributed by atoms with E-state index in [1.165, 1.54) is 0 Å². The van der Waals surface area contributed by atoms with Gasteiger partial charge in [0.15, 0.2) is 0 Å². The fourth-order valence-corrected chi connectivity index (χ4v) is 4.19. The lowest BCUT2D eigenvalue weighted by atomic mass is 10.0. The first-order valence-electron chi connectivity index (χ1n) is 14.4. The molecule has 10 heteroatoms. The fraction of sp³-hybridized carbons (Fsp3) is 0.581. The zero-order valence-electron chi connectivity index (χ0n) is 26.2. The van der Waals surface area contributed by atoms with Crippen molar-refractivity contribution in [1.82, 2.24) is 20.4 Å². The summed E-state index contributed by atoms with van der Waals surface area (Å²) in [6, 6.07) is 6.52. The van der Waals surface area contributed by atoms with Gasteiger partial charge in [-0.15, -0.1) is 0 Å². The van der Waals surface area contributed by atoms with E-state index in [-0.39, 0.29) is 12.1 Å². The Labute approximate surface area is 252 Å². The first kappa shape index (κ1) is 35.9. The molecule has 0 bridgehead atoms. The molecule has 0 spiro atoms. The molecule has 230 valence electrons. The van der Waals surface area contributed by atoms with Gasteiger partial charge in [0.1, 0.15) is 23.2 Å². The van der Waals surface area contributed by atoms with Gasteiger partial charge in [-0.05, 0) is 85.3 Å². The zero-order valence-corrected chi connectivity index (χ0v) is 27.1. The minimum absolute atomic E-state index is 0.327. The second-order valence-corrected chi connectivity index (χ2v) is 10.5. The average molecular weight is 590 g/mol. The molecular formula is C31H51N5O4S.